The van der Waals surface area contributed by atoms with E-state index < -0.39 is 4.92 Å². The highest BCUT2D eigenvalue weighted by Crippen LogP contribution is 2.31. The minimum absolute atomic E-state index is 0.132. The van der Waals surface area contributed by atoms with Crippen molar-refractivity contribution < 1.29 is 9.45 Å². The molecule has 1 unspecified atom stereocenters. The third-order valence-electron chi connectivity index (χ3n) is 3.22. The van der Waals surface area contributed by atoms with Crippen LogP contribution in [0.15, 0.2) is 22.7 Å². The third kappa shape index (κ3) is 2.84. The molecule has 108 valence electrons. The van der Waals surface area contributed by atoms with Crippen LogP contribution < -0.4 is 5.32 Å². The van der Waals surface area contributed by atoms with E-state index in [-0.39, 0.29) is 17.3 Å². The highest BCUT2D eigenvalue weighted by Gasteiger charge is 2.20. The summed E-state index contributed by atoms with van der Waals surface area (Å²) >= 11 is 0. The van der Waals surface area contributed by atoms with E-state index >= 15 is 0 Å². The molecule has 0 saturated carbocycles. The summed E-state index contributed by atoms with van der Waals surface area (Å²) in [6.07, 6.45) is 0. The van der Waals surface area contributed by atoms with Gasteiger partial charge in [0.05, 0.1) is 28.3 Å². The molecule has 0 fully saturated rings. The van der Waals surface area contributed by atoms with Crippen molar-refractivity contribution in [3.63, 3.8) is 0 Å². The maximum Gasteiger partial charge on any atom is 0.293 e. The molecule has 7 heteroatoms. The van der Waals surface area contributed by atoms with Gasteiger partial charge in [-0.15, -0.1) is 0 Å². The second kappa shape index (κ2) is 5.63. The summed E-state index contributed by atoms with van der Waals surface area (Å²) in [5.74, 6) is 0.670. The maximum absolute atomic E-state index is 11.1. The molecule has 0 spiro atoms. The van der Waals surface area contributed by atoms with Gasteiger partial charge >= 0.3 is 0 Å². The van der Waals surface area contributed by atoms with E-state index in [0.717, 1.165) is 11.3 Å². The van der Waals surface area contributed by atoms with Gasteiger partial charge in [-0.2, -0.15) is 5.26 Å². The van der Waals surface area contributed by atoms with Crippen LogP contribution in [0.1, 0.15) is 35.5 Å². The number of anilines is 1. The summed E-state index contributed by atoms with van der Waals surface area (Å²) in [5.41, 5.74) is 2.08. The number of hydrogen-bond donors (Lipinski definition) is 1. The van der Waals surface area contributed by atoms with Gasteiger partial charge in [-0.05, 0) is 32.9 Å². The number of aryl methyl sites for hydroxylation is 2. The summed E-state index contributed by atoms with van der Waals surface area (Å²) in [4.78, 5) is 10.6. The molecule has 0 bridgehead atoms. The van der Waals surface area contributed by atoms with Gasteiger partial charge < -0.3 is 9.84 Å². The maximum atomic E-state index is 11.1. The molecule has 0 amide bonds. The molecule has 0 aliphatic heterocycles. The van der Waals surface area contributed by atoms with E-state index in [1.54, 1.807) is 6.92 Å². The van der Waals surface area contributed by atoms with Gasteiger partial charge in [0.25, 0.3) is 5.69 Å². The summed E-state index contributed by atoms with van der Waals surface area (Å²) in [5, 5.41) is 26.9. The predicted molar refractivity (Wildman–Crippen MR) is 75.8 cm³/mol. The second-order valence-corrected chi connectivity index (χ2v) is 4.70. The highest BCUT2D eigenvalue weighted by atomic mass is 16.6. The molecule has 1 atom stereocenters. The number of rotatable bonds is 4. The number of nitrogens with zero attached hydrogens (tertiary/aromatic N) is 3. The Kier molecular flexibility index (Phi) is 3.89. The van der Waals surface area contributed by atoms with Crippen molar-refractivity contribution in [2.75, 3.05) is 5.32 Å². The van der Waals surface area contributed by atoms with Crippen LogP contribution in [0.3, 0.4) is 0 Å². The van der Waals surface area contributed by atoms with Crippen molar-refractivity contribution in [2.24, 2.45) is 0 Å². The summed E-state index contributed by atoms with van der Waals surface area (Å²) < 4.78 is 5.10. The number of hydrogen-bond acceptors (Lipinski definition) is 6. The van der Waals surface area contributed by atoms with Crippen molar-refractivity contribution in [1.82, 2.24) is 5.16 Å². The minimum Gasteiger partial charge on any atom is -0.373 e. The molecule has 1 heterocycles. The number of nitro benzene ring substituents is 1. The molecule has 21 heavy (non-hydrogen) atoms. The van der Waals surface area contributed by atoms with Gasteiger partial charge in [-0.25, -0.2) is 0 Å². The first-order valence-corrected chi connectivity index (χ1v) is 6.32. The molecule has 2 rings (SSSR count). The Morgan fingerprint density at radius 2 is 2.19 bits per heavy atom. The second-order valence-electron chi connectivity index (χ2n) is 4.70. The van der Waals surface area contributed by atoms with Crippen LogP contribution in [0.5, 0.6) is 0 Å². The van der Waals surface area contributed by atoms with Crippen LogP contribution in [0.4, 0.5) is 11.4 Å². The van der Waals surface area contributed by atoms with E-state index in [1.807, 2.05) is 19.9 Å². The molecule has 2 aromatic rings. The van der Waals surface area contributed by atoms with Crippen molar-refractivity contribution in [3.8, 4) is 6.07 Å². The molecule has 0 radical (unpaired) electrons. The zero-order chi connectivity index (χ0) is 15.6. The largest absolute Gasteiger partial charge is 0.373 e. The Morgan fingerprint density at radius 3 is 2.71 bits per heavy atom. The molecular weight excluding hydrogens is 272 g/mol. The monoisotopic (exact) mass is 286 g/mol. The number of nitrogens with one attached hydrogen (secondary N) is 1. The molecule has 1 N–H and O–H groups in total. The number of aromatic nitrogens is 1. The topological polar surface area (TPSA) is 105 Å². The Hall–Kier alpha value is -2.88. The van der Waals surface area contributed by atoms with Crippen LogP contribution in [0.25, 0.3) is 0 Å². The molecule has 1 aromatic heterocycles. The van der Waals surface area contributed by atoms with E-state index in [0.29, 0.717) is 11.4 Å². The van der Waals surface area contributed by atoms with Gasteiger partial charge in [0.2, 0.25) is 0 Å². The van der Waals surface area contributed by atoms with Crippen molar-refractivity contribution in [2.45, 2.75) is 26.8 Å². The smallest absolute Gasteiger partial charge is 0.293 e. The first-order valence-electron chi connectivity index (χ1n) is 6.32. The van der Waals surface area contributed by atoms with Crippen molar-refractivity contribution >= 4 is 11.4 Å². The van der Waals surface area contributed by atoms with Crippen LogP contribution in [-0.2, 0) is 0 Å². The van der Waals surface area contributed by atoms with Crippen molar-refractivity contribution in [1.29, 1.82) is 5.26 Å². The van der Waals surface area contributed by atoms with Crippen LogP contribution in [0, 0.1) is 35.3 Å². The lowest BCUT2D eigenvalue weighted by atomic mass is 10.1. The van der Waals surface area contributed by atoms with E-state index in [9.17, 15) is 10.1 Å². The summed E-state index contributed by atoms with van der Waals surface area (Å²) in [7, 11) is 0. The fourth-order valence-corrected chi connectivity index (χ4v) is 2.29. The Bertz CT molecular complexity index is 711. The zero-order valence-corrected chi connectivity index (χ0v) is 11.9. The molecule has 0 saturated heterocycles. The minimum atomic E-state index is -0.511. The summed E-state index contributed by atoms with van der Waals surface area (Å²) in [6.45, 7) is 5.48. The average Bonchev–Trinajstić information content (AvgIpc) is 2.78. The Labute approximate surface area is 121 Å². The lowest BCUT2D eigenvalue weighted by molar-refractivity contribution is -0.384. The first kappa shape index (κ1) is 14.5. The molecular formula is C14H14N4O3. The van der Waals surface area contributed by atoms with E-state index in [4.69, 9.17) is 9.78 Å². The van der Waals surface area contributed by atoms with E-state index in [1.165, 1.54) is 18.2 Å². The SMILES string of the molecule is Cc1noc(C)c1C(C)Nc1ccc(C#N)cc1[N+](=O)[O-]. The summed E-state index contributed by atoms with van der Waals surface area (Å²) in [6, 6.07) is 6.01. The quantitative estimate of drug-likeness (QED) is 0.683. The van der Waals surface area contributed by atoms with Gasteiger partial charge in [0, 0.05) is 11.6 Å². The average molecular weight is 286 g/mol. The van der Waals surface area contributed by atoms with E-state index in [2.05, 4.69) is 10.5 Å². The standard InChI is InChI=1S/C14H14N4O3/c1-8(14-9(2)17-21-10(14)3)16-12-5-4-11(7-15)6-13(12)18(19)20/h4-6,8,16H,1-3H3. The molecule has 7 nitrogen and oxygen atoms in total. The van der Waals surface area contributed by atoms with Crippen LogP contribution in [0.2, 0.25) is 0 Å². The lowest BCUT2D eigenvalue weighted by Gasteiger charge is -2.15. The van der Waals surface area contributed by atoms with Crippen LogP contribution in [-0.4, -0.2) is 10.1 Å². The van der Waals surface area contributed by atoms with Gasteiger partial charge in [-0.1, -0.05) is 5.16 Å². The fraction of sp³-hybridized carbons (Fsp3) is 0.286. The first-order chi connectivity index (χ1) is 9.93. The predicted octanol–water partition coefficient (Wildman–Crippen LogP) is 3.24. The molecule has 0 aliphatic carbocycles. The highest BCUT2D eigenvalue weighted by molar-refractivity contribution is 5.64. The Morgan fingerprint density at radius 1 is 1.48 bits per heavy atom. The number of benzene rings is 1. The van der Waals surface area contributed by atoms with Gasteiger partial charge in [0.1, 0.15) is 11.4 Å². The zero-order valence-electron chi connectivity index (χ0n) is 11.9. The number of nitro groups is 1. The van der Waals surface area contributed by atoms with Crippen LogP contribution >= 0.6 is 0 Å². The normalized spacial score (nSPS) is 11.7. The third-order valence-corrected chi connectivity index (χ3v) is 3.22. The van der Waals surface area contributed by atoms with Gasteiger partial charge in [-0.3, -0.25) is 10.1 Å². The lowest BCUT2D eigenvalue weighted by Crippen LogP contribution is -2.10. The van der Waals surface area contributed by atoms with Gasteiger partial charge in [0.15, 0.2) is 0 Å². The molecule has 1 aromatic carbocycles. The number of nitriles is 1. The van der Waals surface area contributed by atoms with Crippen molar-refractivity contribution in [3.05, 3.63) is 50.9 Å². The molecule has 0 aliphatic rings. The Balaban J connectivity index is 2.36. The fourth-order valence-electron chi connectivity index (χ4n) is 2.29.